The maximum absolute atomic E-state index is 12.7. The van der Waals surface area contributed by atoms with Gasteiger partial charge in [-0.15, -0.1) is 0 Å². The molecule has 1 aliphatic rings. The summed E-state index contributed by atoms with van der Waals surface area (Å²) in [5.74, 6) is -0.151. The molecule has 1 amide bonds. The maximum atomic E-state index is 12.7. The summed E-state index contributed by atoms with van der Waals surface area (Å²) in [7, 11) is 0. The van der Waals surface area contributed by atoms with E-state index in [1.54, 1.807) is 13.0 Å². The second-order valence-electron chi connectivity index (χ2n) is 5.68. The molecule has 1 N–H and O–H groups in total. The van der Waals surface area contributed by atoms with Gasteiger partial charge in [0, 0.05) is 19.0 Å². The van der Waals surface area contributed by atoms with Crippen LogP contribution >= 0.6 is 0 Å². The van der Waals surface area contributed by atoms with Crippen molar-refractivity contribution in [2.45, 2.75) is 45.3 Å². The summed E-state index contributed by atoms with van der Waals surface area (Å²) in [4.78, 5) is 25.2. The normalized spacial score (nSPS) is 24.1. The van der Waals surface area contributed by atoms with Gasteiger partial charge in [0.05, 0.1) is 17.8 Å². The Morgan fingerprint density at radius 2 is 2.30 bits per heavy atom. The van der Waals surface area contributed by atoms with Gasteiger partial charge in [-0.2, -0.15) is 0 Å². The molecular formula is C14H20N2O4. The number of hydrogen-bond donors (Lipinski definition) is 1. The Hall–Kier alpha value is -1.69. The lowest BCUT2D eigenvalue weighted by Crippen LogP contribution is -2.41. The molecule has 0 saturated carbocycles. The minimum atomic E-state index is -0.640. The first-order valence-electron chi connectivity index (χ1n) is 6.81. The van der Waals surface area contributed by atoms with E-state index in [-0.39, 0.29) is 18.4 Å². The first-order valence-corrected chi connectivity index (χ1v) is 6.81. The van der Waals surface area contributed by atoms with Crippen LogP contribution in [0, 0.1) is 12.8 Å². The molecule has 2 rings (SSSR count). The van der Waals surface area contributed by atoms with E-state index in [1.165, 1.54) is 4.90 Å². The SMILES string of the molecule is Cc1cc(C(C(=O)N2CC(O)CC2C=O)C(C)C)on1. The van der Waals surface area contributed by atoms with Crippen molar-refractivity contribution in [3.8, 4) is 0 Å². The molecule has 0 bridgehead atoms. The van der Waals surface area contributed by atoms with E-state index in [2.05, 4.69) is 5.16 Å². The van der Waals surface area contributed by atoms with Crippen LogP contribution < -0.4 is 0 Å². The summed E-state index contributed by atoms with van der Waals surface area (Å²) in [6, 6.07) is 1.19. The van der Waals surface area contributed by atoms with E-state index >= 15 is 0 Å². The zero-order chi connectivity index (χ0) is 14.9. The summed E-state index contributed by atoms with van der Waals surface area (Å²) < 4.78 is 5.22. The molecule has 1 aromatic rings. The molecule has 0 aromatic carbocycles. The number of carbonyl (C=O) groups excluding carboxylic acids is 2. The van der Waals surface area contributed by atoms with Gasteiger partial charge in [0.2, 0.25) is 5.91 Å². The zero-order valence-electron chi connectivity index (χ0n) is 11.9. The predicted molar refractivity (Wildman–Crippen MR) is 71.0 cm³/mol. The van der Waals surface area contributed by atoms with Crippen molar-refractivity contribution in [1.82, 2.24) is 10.1 Å². The topological polar surface area (TPSA) is 83.6 Å². The Labute approximate surface area is 117 Å². The predicted octanol–water partition coefficient (Wildman–Crippen LogP) is 0.883. The van der Waals surface area contributed by atoms with Crippen LogP contribution in [0.5, 0.6) is 0 Å². The van der Waals surface area contributed by atoms with Crippen molar-refractivity contribution in [3.05, 3.63) is 17.5 Å². The van der Waals surface area contributed by atoms with Gasteiger partial charge in [-0.25, -0.2) is 0 Å². The van der Waals surface area contributed by atoms with E-state index in [9.17, 15) is 14.7 Å². The second kappa shape index (κ2) is 5.75. The van der Waals surface area contributed by atoms with Crippen molar-refractivity contribution in [2.75, 3.05) is 6.54 Å². The summed E-state index contributed by atoms with van der Waals surface area (Å²) in [5.41, 5.74) is 0.715. The lowest BCUT2D eigenvalue weighted by molar-refractivity contribution is -0.137. The lowest BCUT2D eigenvalue weighted by Gasteiger charge is -2.26. The van der Waals surface area contributed by atoms with Crippen LogP contribution in [0.3, 0.4) is 0 Å². The number of nitrogens with zero attached hydrogens (tertiary/aromatic N) is 2. The Morgan fingerprint density at radius 3 is 2.80 bits per heavy atom. The molecule has 1 aromatic heterocycles. The first kappa shape index (κ1) is 14.7. The molecular weight excluding hydrogens is 260 g/mol. The summed E-state index contributed by atoms with van der Waals surface area (Å²) in [6.45, 7) is 5.83. The van der Waals surface area contributed by atoms with Gasteiger partial charge in [-0.3, -0.25) is 4.79 Å². The summed E-state index contributed by atoms with van der Waals surface area (Å²) in [5, 5.41) is 13.5. The average Bonchev–Trinajstić information content (AvgIpc) is 2.95. The van der Waals surface area contributed by atoms with Gasteiger partial charge >= 0.3 is 0 Å². The monoisotopic (exact) mass is 280 g/mol. The van der Waals surface area contributed by atoms with Crippen LogP contribution in [0.4, 0.5) is 0 Å². The standard InChI is InChI=1S/C14H20N2O4/c1-8(2)13(12-4-9(3)15-20-12)14(19)16-6-11(18)5-10(16)7-17/h4,7-8,10-11,13,18H,5-6H2,1-3H3. The zero-order valence-corrected chi connectivity index (χ0v) is 11.9. The van der Waals surface area contributed by atoms with Gasteiger partial charge in [0.15, 0.2) is 0 Å². The van der Waals surface area contributed by atoms with Gasteiger partial charge in [-0.1, -0.05) is 19.0 Å². The van der Waals surface area contributed by atoms with Crippen LogP contribution in [0.1, 0.15) is 37.6 Å². The number of aldehydes is 1. The third kappa shape index (κ3) is 2.75. The number of aliphatic hydroxyl groups is 1. The number of aryl methyl sites for hydroxylation is 1. The summed E-state index contributed by atoms with van der Waals surface area (Å²) >= 11 is 0. The maximum Gasteiger partial charge on any atom is 0.234 e. The molecule has 1 fully saturated rings. The smallest absolute Gasteiger partial charge is 0.234 e. The molecule has 3 unspecified atom stereocenters. The second-order valence-corrected chi connectivity index (χ2v) is 5.68. The first-order chi connectivity index (χ1) is 9.43. The Morgan fingerprint density at radius 1 is 1.60 bits per heavy atom. The molecule has 0 radical (unpaired) electrons. The van der Waals surface area contributed by atoms with Gasteiger partial charge in [-0.05, 0) is 12.8 Å². The van der Waals surface area contributed by atoms with Crippen LogP contribution in [0.15, 0.2) is 10.6 Å². The Balaban J connectivity index is 2.26. The highest BCUT2D eigenvalue weighted by molar-refractivity contribution is 5.86. The number of likely N-dealkylation sites (tertiary alicyclic amines) is 1. The van der Waals surface area contributed by atoms with E-state index in [0.29, 0.717) is 17.9 Å². The molecule has 0 spiro atoms. The molecule has 2 heterocycles. The van der Waals surface area contributed by atoms with E-state index in [0.717, 1.165) is 6.29 Å². The molecule has 6 nitrogen and oxygen atoms in total. The molecule has 0 aliphatic carbocycles. The number of β-amino-alcohol motifs (C(OH)–C–C–N with tert-alkyl or cyclic N) is 1. The highest BCUT2D eigenvalue weighted by atomic mass is 16.5. The number of aliphatic hydroxyl groups excluding tert-OH is 1. The number of amides is 1. The minimum absolute atomic E-state index is 0.0138. The van der Waals surface area contributed by atoms with Crippen LogP contribution in [0.2, 0.25) is 0 Å². The molecule has 6 heteroatoms. The summed E-state index contributed by atoms with van der Waals surface area (Å²) in [6.07, 6.45) is 0.380. The fourth-order valence-electron chi connectivity index (χ4n) is 2.67. The van der Waals surface area contributed by atoms with Gasteiger partial charge < -0.3 is 19.3 Å². The van der Waals surface area contributed by atoms with Crippen molar-refractivity contribution in [3.63, 3.8) is 0 Å². The highest BCUT2D eigenvalue weighted by Gasteiger charge is 2.39. The fraction of sp³-hybridized carbons (Fsp3) is 0.643. The fourth-order valence-corrected chi connectivity index (χ4v) is 2.67. The Bertz CT molecular complexity index is 497. The van der Waals surface area contributed by atoms with E-state index < -0.39 is 18.1 Å². The molecule has 1 aliphatic heterocycles. The number of rotatable bonds is 4. The lowest BCUT2D eigenvalue weighted by atomic mass is 9.91. The molecule has 110 valence electrons. The van der Waals surface area contributed by atoms with Crippen molar-refractivity contribution >= 4 is 12.2 Å². The van der Waals surface area contributed by atoms with E-state index in [1.807, 2.05) is 13.8 Å². The number of carbonyl (C=O) groups is 2. The Kier molecular flexibility index (Phi) is 4.23. The van der Waals surface area contributed by atoms with Gasteiger partial charge in [0.25, 0.3) is 0 Å². The quantitative estimate of drug-likeness (QED) is 0.828. The molecule has 3 atom stereocenters. The average molecular weight is 280 g/mol. The third-order valence-corrected chi connectivity index (χ3v) is 3.65. The molecule has 1 saturated heterocycles. The van der Waals surface area contributed by atoms with Crippen LogP contribution in [0.25, 0.3) is 0 Å². The third-order valence-electron chi connectivity index (χ3n) is 3.65. The molecule has 20 heavy (non-hydrogen) atoms. The van der Waals surface area contributed by atoms with E-state index in [4.69, 9.17) is 4.52 Å². The number of hydrogen-bond acceptors (Lipinski definition) is 5. The van der Waals surface area contributed by atoms with Crippen molar-refractivity contribution in [1.29, 1.82) is 0 Å². The van der Waals surface area contributed by atoms with Crippen LogP contribution in [-0.2, 0) is 9.59 Å². The van der Waals surface area contributed by atoms with Gasteiger partial charge in [0.1, 0.15) is 18.0 Å². The largest absolute Gasteiger partial charge is 0.391 e. The van der Waals surface area contributed by atoms with Crippen molar-refractivity contribution < 1.29 is 19.2 Å². The number of aromatic nitrogens is 1. The highest BCUT2D eigenvalue weighted by Crippen LogP contribution is 2.30. The minimum Gasteiger partial charge on any atom is -0.391 e. The van der Waals surface area contributed by atoms with Crippen LogP contribution in [-0.4, -0.2) is 46.0 Å². The van der Waals surface area contributed by atoms with Crippen molar-refractivity contribution in [2.24, 2.45) is 5.92 Å².